The Morgan fingerprint density at radius 2 is 1.17 bits per heavy atom. The van der Waals surface area contributed by atoms with Gasteiger partial charge in [0.25, 0.3) is 5.69 Å². The van der Waals surface area contributed by atoms with Gasteiger partial charge in [0.1, 0.15) is 11.5 Å². The fourth-order valence-electron chi connectivity index (χ4n) is 2.84. The molecule has 0 amide bonds. The predicted molar refractivity (Wildman–Crippen MR) is 93.7 cm³/mol. The zero-order chi connectivity index (χ0) is 16.5. The lowest BCUT2D eigenvalue weighted by molar-refractivity contribution is -0.384. The maximum atomic E-state index is 10.8. The lowest BCUT2D eigenvalue weighted by atomic mass is 10.0. The number of nitrogens with zero attached hydrogens (tertiary/aromatic N) is 1. The van der Waals surface area contributed by atoms with Gasteiger partial charge in [0.15, 0.2) is 0 Å². The van der Waals surface area contributed by atoms with Crippen molar-refractivity contribution in [3.8, 4) is 22.6 Å². The van der Waals surface area contributed by atoms with E-state index < -0.39 is 4.92 Å². The maximum Gasteiger partial charge on any atom is 0.269 e. The van der Waals surface area contributed by atoms with Crippen LogP contribution < -0.4 is 0 Å². The molecule has 0 unspecified atom stereocenters. The standard InChI is InChI=1S/C20H13NO3/c22-21(23)16-12-10-15(11-13-16)20-18-9-5-4-8-17(18)19(24-20)14-6-2-1-3-7-14/h1-13H. The minimum absolute atomic E-state index is 0.0675. The molecule has 0 saturated carbocycles. The number of hydrogen-bond acceptors (Lipinski definition) is 3. The Kier molecular flexibility index (Phi) is 3.35. The van der Waals surface area contributed by atoms with Crippen molar-refractivity contribution in [3.05, 3.63) is 89.0 Å². The molecule has 24 heavy (non-hydrogen) atoms. The van der Waals surface area contributed by atoms with Crippen LogP contribution in [0.15, 0.2) is 83.3 Å². The third-order valence-corrected chi connectivity index (χ3v) is 4.00. The summed E-state index contributed by atoms with van der Waals surface area (Å²) in [6, 6.07) is 24.3. The highest BCUT2D eigenvalue weighted by Crippen LogP contribution is 2.39. The number of non-ortho nitro benzene ring substituents is 1. The second-order valence-electron chi connectivity index (χ2n) is 5.48. The number of hydrogen-bond donors (Lipinski definition) is 0. The van der Waals surface area contributed by atoms with Crippen LogP contribution in [0.3, 0.4) is 0 Å². The second-order valence-corrected chi connectivity index (χ2v) is 5.48. The Labute approximate surface area is 138 Å². The highest BCUT2D eigenvalue weighted by molar-refractivity contribution is 6.02. The molecule has 0 saturated heterocycles. The normalized spacial score (nSPS) is 10.8. The van der Waals surface area contributed by atoms with Gasteiger partial charge < -0.3 is 4.42 Å². The summed E-state index contributed by atoms with van der Waals surface area (Å²) in [6.45, 7) is 0. The first-order chi connectivity index (χ1) is 11.7. The molecule has 1 heterocycles. The average molecular weight is 315 g/mol. The van der Waals surface area contributed by atoms with E-state index in [1.165, 1.54) is 12.1 Å². The van der Waals surface area contributed by atoms with E-state index in [0.717, 1.165) is 33.4 Å². The summed E-state index contributed by atoms with van der Waals surface area (Å²) in [6.07, 6.45) is 0. The van der Waals surface area contributed by atoms with Crippen LogP contribution in [0, 0.1) is 10.1 Å². The van der Waals surface area contributed by atoms with E-state index in [-0.39, 0.29) is 5.69 Å². The molecule has 0 spiro atoms. The van der Waals surface area contributed by atoms with E-state index >= 15 is 0 Å². The third-order valence-electron chi connectivity index (χ3n) is 4.00. The minimum atomic E-state index is -0.403. The van der Waals surface area contributed by atoms with Gasteiger partial charge in [0.05, 0.1) is 4.92 Å². The van der Waals surface area contributed by atoms with Crippen LogP contribution in [0.2, 0.25) is 0 Å². The zero-order valence-electron chi connectivity index (χ0n) is 12.7. The van der Waals surface area contributed by atoms with Crippen LogP contribution >= 0.6 is 0 Å². The smallest absolute Gasteiger partial charge is 0.269 e. The number of nitro groups is 1. The zero-order valence-corrected chi connectivity index (χ0v) is 12.7. The summed E-state index contributed by atoms with van der Waals surface area (Å²) in [7, 11) is 0. The monoisotopic (exact) mass is 315 g/mol. The summed E-state index contributed by atoms with van der Waals surface area (Å²) < 4.78 is 6.17. The first-order valence-electron chi connectivity index (χ1n) is 7.56. The van der Waals surface area contributed by atoms with Gasteiger partial charge in [0, 0.05) is 34.0 Å². The van der Waals surface area contributed by atoms with Gasteiger partial charge in [-0.25, -0.2) is 0 Å². The number of rotatable bonds is 3. The third kappa shape index (κ3) is 2.34. The van der Waals surface area contributed by atoms with Crippen molar-refractivity contribution in [3.63, 3.8) is 0 Å². The fourth-order valence-corrected chi connectivity index (χ4v) is 2.84. The topological polar surface area (TPSA) is 56.3 Å². The lowest BCUT2D eigenvalue weighted by Gasteiger charge is -1.99. The van der Waals surface area contributed by atoms with E-state index in [9.17, 15) is 10.1 Å². The van der Waals surface area contributed by atoms with Crippen LogP contribution in [0.1, 0.15) is 0 Å². The Morgan fingerprint density at radius 1 is 0.667 bits per heavy atom. The molecular weight excluding hydrogens is 302 g/mol. The molecular formula is C20H13NO3. The van der Waals surface area contributed by atoms with Crippen molar-refractivity contribution < 1.29 is 9.34 Å². The molecule has 0 atom stereocenters. The van der Waals surface area contributed by atoms with E-state index in [2.05, 4.69) is 0 Å². The molecule has 4 aromatic rings. The summed E-state index contributed by atoms with van der Waals surface area (Å²) in [4.78, 5) is 10.4. The summed E-state index contributed by atoms with van der Waals surface area (Å²) >= 11 is 0. The van der Waals surface area contributed by atoms with Crippen LogP contribution in [0.25, 0.3) is 33.4 Å². The molecule has 0 radical (unpaired) electrons. The van der Waals surface area contributed by atoms with E-state index in [1.807, 2.05) is 54.6 Å². The lowest BCUT2D eigenvalue weighted by Crippen LogP contribution is -1.86. The molecule has 3 aromatic carbocycles. The predicted octanol–water partition coefficient (Wildman–Crippen LogP) is 5.68. The fraction of sp³-hybridized carbons (Fsp3) is 0. The van der Waals surface area contributed by atoms with Gasteiger partial charge >= 0.3 is 0 Å². The summed E-state index contributed by atoms with van der Waals surface area (Å²) in [5, 5.41) is 12.8. The Hall–Kier alpha value is -3.40. The molecule has 4 heteroatoms. The Balaban J connectivity index is 1.92. The van der Waals surface area contributed by atoms with Gasteiger partial charge in [-0.2, -0.15) is 0 Å². The first-order valence-corrected chi connectivity index (χ1v) is 7.56. The van der Waals surface area contributed by atoms with Crippen molar-refractivity contribution >= 4 is 16.5 Å². The summed E-state index contributed by atoms with van der Waals surface area (Å²) in [5.41, 5.74) is 1.89. The number of fused-ring (bicyclic) bond motifs is 1. The largest absolute Gasteiger partial charge is 0.455 e. The molecule has 116 valence electrons. The van der Waals surface area contributed by atoms with Crippen LogP contribution in [0.5, 0.6) is 0 Å². The first kappa shape index (κ1) is 14.2. The molecule has 0 aliphatic carbocycles. The van der Waals surface area contributed by atoms with E-state index in [1.54, 1.807) is 12.1 Å². The summed E-state index contributed by atoms with van der Waals surface area (Å²) in [5.74, 6) is 1.53. The maximum absolute atomic E-state index is 10.8. The molecule has 0 bridgehead atoms. The molecule has 4 rings (SSSR count). The second kappa shape index (κ2) is 5.66. The number of furan rings is 1. The number of benzene rings is 3. The van der Waals surface area contributed by atoms with Crippen LogP contribution in [-0.4, -0.2) is 4.92 Å². The van der Waals surface area contributed by atoms with Gasteiger partial charge in [-0.1, -0.05) is 54.6 Å². The average Bonchev–Trinajstić information content (AvgIpc) is 3.02. The van der Waals surface area contributed by atoms with Gasteiger partial charge in [-0.05, 0) is 12.1 Å². The minimum Gasteiger partial charge on any atom is -0.455 e. The van der Waals surface area contributed by atoms with Crippen molar-refractivity contribution in [2.75, 3.05) is 0 Å². The molecule has 0 aliphatic heterocycles. The molecule has 0 N–H and O–H groups in total. The van der Waals surface area contributed by atoms with E-state index in [4.69, 9.17) is 4.42 Å². The van der Waals surface area contributed by atoms with Gasteiger partial charge in [-0.3, -0.25) is 10.1 Å². The Bertz CT molecular complexity index is 1020. The van der Waals surface area contributed by atoms with E-state index in [0.29, 0.717) is 0 Å². The van der Waals surface area contributed by atoms with Crippen molar-refractivity contribution in [1.29, 1.82) is 0 Å². The molecule has 1 aromatic heterocycles. The highest BCUT2D eigenvalue weighted by atomic mass is 16.6. The van der Waals surface area contributed by atoms with Crippen LogP contribution in [-0.2, 0) is 0 Å². The van der Waals surface area contributed by atoms with Crippen LogP contribution in [0.4, 0.5) is 5.69 Å². The van der Waals surface area contributed by atoms with Crippen molar-refractivity contribution in [2.24, 2.45) is 0 Å². The Morgan fingerprint density at radius 3 is 1.71 bits per heavy atom. The van der Waals surface area contributed by atoms with Crippen molar-refractivity contribution in [1.82, 2.24) is 0 Å². The van der Waals surface area contributed by atoms with Crippen molar-refractivity contribution in [2.45, 2.75) is 0 Å². The quantitative estimate of drug-likeness (QED) is 0.361. The van der Waals surface area contributed by atoms with Gasteiger partial charge in [-0.15, -0.1) is 0 Å². The molecule has 0 fully saturated rings. The molecule has 0 aliphatic rings. The number of nitro benzene ring substituents is 1. The SMILES string of the molecule is O=[N+]([O-])c1ccc(-c2oc(-c3ccccc3)c3ccccc23)cc1. The van der Waals surface area contributed by atoms with Gasteiger partial charge in [0.2, 0.25) is 0 Å². The highest BCUT2D eigenvalue weighted by Gasteiger charge is 2.16. The molecule has 4 nitrogen and oxygen atoms in total.